The molecule has 0 aromatic heterocycles. The Labute approximate surface area is 77.4 Å². The van der Waals surface area contributed by atoms with Crippen LogP contribution >= 0.6 is 11.6 Å². The summed E-state index contributed by atoms with van der Waals surface area (Å²) >= 11 is 5.87. The van der Waals surface area contributed by atoms with Crippen LogP contribution in [0.4, 0.5) is 4.39 Å². The maximum Gasteiger partial charge on any atom is 0.116 e. The average molecular weight is 187 g/mol. The van der Waals surface area contributed by atoms with Gasteiger partial charge in [-0.05, 0) is 30.5 Å². The van der Waals surface area contributed by atoms with E-state index < -0.39 is 6.67 Å². The zero-order valence-electron chi connectivity index (χ0n) is 7.32. The average Bonchev–Trinajstić information content (AvgIpc) is 2.03. The minimum absolute atomic E-state index is 0.478. The lowest BCUT2D eigenvalue weighted by molar-refractivity contribution is 0.483. The molecule has 0 aliphatic rings. The molecule has 1 aromatic carbocycles. The van der Waals surface area contributed by atoms with E-state index in [-0.39, 0.29) is 0 Å². The van der Waals surface area contributed by atoms with E-state index in [0.717, 1.165) is 17.5 Å². The van der Waals surface area contributed by atoms with Crippen LogP contribution in [0.1, 0.15) is 23.6 Å². The van der Waals surface area contributed by atoms with Crippen LogP contribution in [0.25, 0.3) is 0 Å². The number of halogens is 2. The van der Waals surface area contributed by atoms with Crippen LogP contribution in [0, 0.1) is 6.92 Å². The van der Waals surface area contributed by atoms with Crippen molar-refractivity contribution in [3.63, 3.8) is 0 Å². The van der Waals surface area contributed by atoms with Gasteiger partial charge in [0.2, 0.25) is 0 Å². The van der Waals surface area contributed by atoms with Gasteiger partial charge in [0.25, 0.3) is 0 Å². The molecule has 0 nitrogen and oxygen atoms in total. The van der Waals surface area contributed by atoms with Gasteiger partial charge in [0.15, 0.2) is 0 Å². The van der Waals surface area contributed by atoms with E-state index in [1.807, 2.05) is 19.1 Å². The second-order valence-corrected chi connectivity index (χ2v) is 3.27. The first kappa shape index (κ1) is 9.53. The van der Waals surface area contributed by atoms with Crippen molar-refractivity contribution in [1.82, 2.24) is 0 Å². The van der Waals surface area contributed by atoms with Crippen molar-refractivity contribution >= 4 is 11.6 Å². The molecule has 66 valence electrons. The number of aryl methyl sites for hydroxylation is 2. The Morgan fingerprint density at radius 1 is 1.42 bits per heavy atom. The number of alkyl halides is 1. The normalized spacial score (nSPS) is 10.3. The third-order valence-corrected chi connectivity index (χ3v) is 2.36. The van der Waals surface area contributed by atoms with Gasteiger partial charge < -0.3 is 0 Å². The van der Waals surface area contributed by atoms with Crippen molar-refractivity contribution in [2.75, 3.05) is 0 Å². The van der Waals surface area contributed by atoms with E-state index >= 15 is 0 Å². The summed E-state index contributed by atoms with van der Waals surface area (Å²) in [5.41, 5.74) is 2.73. The van der Waals surface area contributed by atoms with Crippen molar-refractivity contribution in [3.05, 3.63) is 33.8 Å². The Bertz CT molecular complexity index is 258. The Kier molecular flexibility index (Phi) is 3.10. The first-order valence-corrected chi connectivity index (χ1v) is 4.40. The summed E-state index contributed by atoms with van der Waals surface area (Å²) in [5, 5.41) is 0.550. The maximum atomic E-state index is 12.4. The molecular formula is C10H12ClF. The first-order chi connectivity index (χ1) is 5.69. The summed E-state index contributed by atoms with van der Waals surface area (Å²) in [6.07, 6.45) is 0.938. The predicted molar refractivity (Wildman–Crippen MR) is 50.4 cm³/mol. The van der Waals surface area contributed by atoms with E-state index in [2.05, 4.69) is 6.92 Å². The minimum atomic E-state index is -0.478. The van der Waals surface area contributed by atoms with E-state index in [0.29, 0.717) is 10.6 Å². The molecule has 1 aromatic rings. The summed E-state index contributed by atoms with van der Waals surface area (Å²) in [7, 11) is 0. The molecule has 2 heteroatoms. The van der Waals surface area contributed by atoms with Crippen LogP contribution in [0.3, 0.4) is 0 Å². The molecule has 0 atom stereocenters. The molecule has 0 bridgehead atoms. The molecule has 0 spiro atoms. The maximum absolute atomic E-state index is 12.4. The Hall–Kier alpha value is -0.560. The van der Waals surface area contributed by atoms with Crippen LogP contribution in [-0.2, 0) is 13.1 Å². The lowest BCUT2D eigenvalue weighted by atomic mass is 10.0. The van der Waals surface area contributed by atoms with Crippen molar-refractivity contribution in [2.24, 2.45) is 0 Å². The summed E-state index contributed by atoms with van der Waals surface area (Å²) in [6, 6.07) is 3.82. The van der Waals surface area contributed by atoms with Crippen molar-refractivity contribution in [1.29, 1.82) is 0 Å². The highest BCUT2D eigenvalue weighted by molar-refractivity contribution is 6.31. The monoisotopic (exact) mass is 186 g/mol. The third-order valence-electron chi connectivity index (χ3n) is 2.02. The highest BCUT2D eigenvalue weighted by atomic mass is 35.5. The van der Waals surface area contributed by atoms with E-state index in [4.69, 9.17) is 11.6 Å². The van der Waals surface area contributed by atoms with Crippen molar-refractivity contribution in [3.8, 4) is 0 Å². The molecule has 0 heterocycles. The number of hydrogen-bond acceptors (Lipinski definition) is 0. The molecule has 1 rings (SSSR count). The van der Waals surface area contributed by atoms with Gasteiger partial charge in [-0.2, -0.15) is 0 Å². The summed E-state index contributed by atoms with van der Waals surface area (Å²) < 4.78 is 12.4. The smallest absolute Gasteiger partial charge is 0.116 e. The fraction of sp³-hybridized carbons (Fsp3) is 0.400. The molecule has 0 radical (unpaired) electrons. The molecule has 0 fully saturated rings. The summed E-state index contributed by atoms with van der Waals surface area (Å²) in [5.74, 6) is 0. The highest BCUT2D eigenvalue weighted by Crippen LogP contribution is 2.23. The van der Waals surface area contributed by atoms with Crippen molar-refractivity contribution < 1.29 is 4.39 Å². The Morgan fingerprint density at radius 3 is 2.50 bits per heavy atom. The topological polar surface area (TPSA) is 0 Å². The fourth-order valence-electron chi connectivity index (χ4n) is 1.22. The zero-order valence-corrected chi connectivity index (χ0v) is 8.08. The molecular weight excluding hydrogens is 175 g/mol. The third kappa shape index (κ3) is 1.78. The number of benzene rings is 1. The van der Waals surface area contributed by atoms with Gasteiger partial charge >= 0.3 is 0 Å². The summed E-state index contributed by atoms with van der Waals surface area (Å²) in [6.45, 7) is 3.47. The second kappa shape index (κ2) is 3.90. The minimum Gasteiger partial charge on any atom is -0.246 e. The molecule has 0 aliphatic carbocycles. The van der Waals surface area contributed by atoms with E-state index in [9.17, 15) is 4.39 Å². The SMILES string of the molecule is CCc1cc(C)c(CF)c(Cl)c1. The molecule has 0 amide bonds. The van der Waals surface area contributed by atoms with Crippen LogP contribution in [-0.4, -0.2) is 0 Å². The number of rotatable bonds is 2. The largest absolute Gasteiger partial charge is 0.246 e. The predicted octanol–water partition coefficient (Wildman–Crippen LogP) is 3.68. The molecule has 0 saturated carbocycles. The molecule has 0 unspecified atom stereocenters. The van der Waals surface area contributed by atoms with Gasteiger partial charge in [0, 0.05) is 10.6 Å². The lowest BCUT2D eigenvalue weighted by Crippen LogP contribution is -1.90. The fourth-order valence-corrected chi connectivity index (χ4v) is 1.56. The molecule has 0 N–H and O–H groups in total. The van der Waals surface area contributed by atoms with E-state index in [1.165, 1.54) is 0 Å². The Morgan fingerprint density at radius 2 is 2.08 bits per heavy atom. The first-order valence-electron chi connectivity index (χ1n) is 4.03. The van der Waals surface area contributed by atoms with Gasteiger partial charge in [0.1, 0.15) is 6.67 Å². The van der Waals surface area contributed by atoms with E-state index in [1.54, 1.807) is 0 Å². The van der Waals surface area contributed by atoms with Gasteiger partial charge in [-0.1, -0.05) is 24.6 Å². The van der Waals surface area contributed by atoms with Crippen LogP contribution < -0.4 is 0 Å². The molecule has 0 aliphatic heterocycles. The standard InChI is InChI=1S/C10H12ClF/c1-3-8-4-7(2)9(6-12)10(11)5-8/h4-5H,3,6H2,1-2H3. The quantitative estimate of drug-likeness (QED) is 0.661. The van der Waals surface area contributed by atoms with Gasteiger partial charge in [0.05, 0.1) is 0 Å². The summed E-state index contributed by atoms with van der Waals surface area (Å²) in [4.78, 5) is 0. The van der Waals surface area contributed by atoms with Gasteiger partial charge in [-0.3, -0.25) is 0 Å². The van der Waals surface area contributed by atoms with Crippen LogP contribution in [0.15, 0.2) is 12.1 Å². The second-order valence-electron chi connectivity index (χ2n) is 2.86. The lowest BCUT2D eigenvalue weighted by Gasteiger charge is -2.06. The Balaban J connectivity index is 3.18. The van der Waals surface area contributed by atoms with Gasteiger partial charge in [-0.15, -0.1) is 0 Å². The van der Waals surface area contributed by atoms with Crippen molar-refractivity contribution in [2.45, 2.75) is 26.9 Å². The zero-order chi connectivity index (χ0) is 9.14. The molecule has 12 heavy (non-hydrogen) atoms. The van der Waals surface area contributed by atoms with Crippen LogP contribution in [0.2, 0.25) is 5.02 Å². The molecule has 0 saturated heterocycles. The number of hydrogen-bond donors (Lipinski definition) is 0. The highest BCUT2D eigenvalue weighted by Gasteiger charge is 2.04. The van der Waals surface area contributed by atoms with Gasteiger partial charge in [-0.25, -0.2) is 4.39 Å². The van der Waals surface area contributed by atoms with Crippen LogP contribution in [0.5, 0.6) is 0 Å².